The lowest BCUT2D eigenvalue weighted by atomic mass is 10.0. The minimum absolute atomic E-state index is 0.102. The molecule has 77 heavy (non-hydrogen) atoms. The van der Waals surface area contributed by atoms with Crippen LogP contribution in [0, 0.1) is 0 Å². The van der Waals surface area contributed by atoms with E-state index >= 15 is 0 Å². The summed E-state index contributed by atoms with van der Waals surface area (Å²) in [4.78, 5) is 38.3. The molecule has 6 nitrogen and oxygen atoms in total. The highest BCUT2D eigenvalue weighted by molar-refractivity contribution is 5.71. The van der Waals surface area contributed by atoms with Crippen molar-refractivity contribution in [2.75, 3.05) is 13.2 Å². The summed E-state index contributed by atoms with van der Waals surface area (Å²) in [5.74, 6) is -0.982. The average Bonchev–Trinajstić information content (AvgIpc) is 3.43. The van der Waals surface area contributed by atoms with E-state index in [9.17, 15) is 14.4 Å². The predicted octanol–water partition coefficient (Wildman–Crippen LogP) is 22.4. The van der Waals surface area contributed by atoms with E-state index in [2.05, 4.69) is 112 Å². The molecular weight excluding hydrogens is 949 g/mol. The first-order chi connectivity index (χ1) is 38.0. The van der Waals surface area contributed by atoms with Gasteiger partial charge in [-0.3, -0.25) is 14.4 Å². The van der Waals surface area contributed by atoms with Gasteiger partial charge < -0.3 is 14.2 Å². The Kier molecular flexibility index (Phi) is 61.8. The third-order valence-electron chi connectivity index (χ3n) is 14.0. The van der Waals surface area contributed by atoms with Gasteiger partial charge in [-0.25, -0.2) is 0 Å². The molecule has 0 aromatic carbocycles. The van der Waals surface area contributed by atoms with Gasteiger partial charge in [-0.05, 0) is 116 Å². The van der Waals surface area contributed by atoms with E-state index in [4.69, 9.17) is 14.2 Å². The molecular formula is C71H122O6. The van der Waals surface area contributed by atoms with E-state index in [0.29, 0.717) is 19.3 Å². The Morgan fingerprint density at radius 2 is 0.494 bits per heavy atom. The van der Waals surface area contributed by atoms with Gasteiger partial charge in [0.2, 0.25) is 0 Å². The molecule has 0 saturated heterocycles. The maximum atomic E-state index is 12.9. The lowest BCUT2D eigenvalue weighted by Crippen LogP contribution is -2.30. The first kappa shape index (κ1) is 73.3. The second-order valence-corrected chi connectivity index (χ2v) is 21.7. The fraction of sp³-hybridized carbons (Fsp3) is 0.732. The molecule has 6 heteroatoms. The maximum absolute atomic E-state index is 12.9. The molecule has 0 aromatic rings. The van der Waals surface area contributed by atoms with Gasteiger partial charge in [-0.2, -0.15) is 0 Å². The molecule has 0 fully saturated rings. The number of carbonyl (C=O) groups excluding carboxylic acids is 3. The normalized spacial score (nSPS) is 12.7. The summed E-state index contributed by atoms with van der Waals surface area (Å²) in [7, 11) is 0. The van der Waals surface area contributed by atoms with E-state index in [-0.39, 0.29) is 37.5 Å². The zero-order chi connectivity index (χ0) is 55.7. The summed E-state index contributed by atoms with van der Waals surface area (Å²) in [6.07, 6.45) is 87.0. The van der Waals surface area contributed by atoms with Crippen molar-refractivity contribution >= 4 is 17.9 Å². The molecule has 0 aromatic heterocycles. The summed E-state index contributed by atoms with van der Waals surface area (Å²) in [5, 5.41) is 0. The molecule has 0 aliphatic heterocycles. The molecule has 0 amide bonds. The van der Waals surface area contributed by atoms with Gasteiger partial charge in [0.25, 0.3) is 0 Å². The third-order valence-corrected chi connectivity index (χ3v) is 14.0. The summed E-state index contributed by atoms with van der Waals surface area (Å²) in [6, 6.07) is 0. The number of hydrogen-bond donors (Lipinski definition) is 0. The van der Waals surface area contributed by atoms with Gasteiger partial charge in [-0.15, -0.1) is 0 Å². The molecule has 0 rings (SSSR count). The van der Waals surface area contributed by atoms with E-state index in [1.54, 1.807) is 0 Å². The van der Waals surface area contributed by atoms with Crippen molar-refractivity contribution in [1.82, 2.24) is 0 Å². The predicted molar refractivity (Wildman–Crippen MR) is 334 cm³/mol. The van der Waals surface area contributed by atoms with Crippen LogP contribution in [0.4, 0.5) is 0 Å². The summed E-state index contributed by atoms with van der Waals surface area (Å²) < 4.78 is 16.9. The zero-order valence-electron chi connectivity index (χ0n) is 50.7. The van der Waals surface area contributed by atoms with Gasteiger partial charge in [0.1, 0.15) is 13.2 Å². The summed E-state index contributed by atoms with van der Waals surface area (Å²) >= 11 is 0. The first-order valence-corrected chi connectivity index (χ1v) is 32.7. The molecule has 0 saturated carbocycles. The van der Waals surface area contributed by atoms with Crippen LogP contribution in [0.3, 0.4) is 0 Å². The highest BCUT2D eigenvalue weighted by atomic mass is 16.6. The van der Waals surface area contributed by atoms with Gasteiger partial charge in [0.15, 0.2) is 6.10 Å². The molecule has 0 radical (unpaired) electrons. The number of carbonyl (C=O) groups is 3. The van der Waals surface area contributed by atoms with Crippen molar-refractivity contribution in [1.29, 1.82) is 0 Å². The second kappa shape index (κ2) is 64.9. The Labute approximate surface area is 477 Å². The Bertz CT molecular complexity index is 1510. The largest absolute Gasteiger partial charge is 0.462 e. The van der Waals surface area contributed by atoms with Gasteiger partial charge >= 0.3 is 17.9 Å². The van der Waals surface area contributed by atoms with Gasteiger partial charge in [-0.1, -0.05) is 279 Å². The molecule has 0 N–H and O–H groups in total. The van der Waals surface area contributed by atoms with Crippen molar-refractivity contribution in [2.24, 2.45) is 0 Å². The Morgan fingerprint density at radius 1 is 0.260 bits per heavy atom. The van der Waals surface area contributed by atoms with Crippen LogP contribution < -0.4 is 0 Å². The topological polar surface area (TPSA) is 78.9 Å². The molecule has 0 unspecified atom stereocenters. The molecule has 0 spiro atoms. The Hall–Kier alpha value is -3.67. The lowest BCUT2D eigenvalue weighted by Gasteiger charge is -2.18. The van der Waals surface area contributed by atoms with E-state index < -0.39 is 6.10 Å². The minimum atomic E-state index is -0.812. The number of esters is 3. The van der Waals surface area contributed by atoms with Crippen molar-refractivity contribution in [3.63, 3.8) is 0 Å². The molecule has 1 atom stereocenters. The van der Waals surface area contributed by atoms with Crippen LogP contribution in [0.2, 0.25) is 0 Å². The third kappa shape index (κ3) is 63.0. The van der Waals surface area contributed by atoms with Crippen LogP contribution >= 0.6 is 0 Å². The molecule has 442 valence electrons. The first-order valence-electron chi connectivity index (χ1n) is 32.7. The van der Waals surface area contributed by atoms with Crippen LogP contribution in [0.1, 0.15) is 316 Å². The van der Waals surface area contributed by atoms with Crippen LogP contribution in [0.5, 0.6) is 0 Å². The molecule has 0 heterocycles. The molecule has 0 aliphatic rings. The second-order valence-electron chi connectivity index (χ2n) is 21.7. The number of hydrogen-bond acceptors (Lipinski definition) is 6. The Morgan fingerprint density at radius 3 is 0.844 bits per heavy atom. The van der Waals surface area contributed by atoms with Crippen LogP contribution in [0.25, 0.3) is 0 Å². The van der Waals surface area contributed by atoms with E-state index in [1.165, 1.54) is 199 Å². The zero-order valence-corrected chi connectivity index (χ0v) is 50.7. The number of allylic oxidation sites excluding steroid dienone is 16. The highest BCUT2D eigenvalue weighted by Gasteiger charge is 2.19. The average molecular weight is 1070 g/mol. The van der Waals surface area contributed by atoms with Crippen LogP contribution in [-0.4, -0.2) is 37.2 Å². The smallest absolute Gasteiger partial charge is 0.306 e. The van der Waals surface area contributed by atoms with Crippen molar-refractivity contribution in [3.8, 4) is 0 Å². The van der Waals surface area contributed by atoms with Crippen LogP contribution in [-0.2, 0) is 28.6 Å². The molecule has 0 aliphatic carbocycles. The Balaban J connectivity index is 4.47. The lowest BCUT2D eigenvalue weighted by molar-refractivity contribution is -0.166. The highest BCUT2D eigenvalue weighted by Crippen LogP contribution is 2.16. The van der Waals surface area contributed by atoms with Crippen molar-refractivity contribution < 1.29 is 28.6 Å². The monoisotopic (exact) mass is 1070 g/mol. The fourth-order valence-corrected chi connectivity index (χ4v) is 9.10. The number of rotatable bonds is 59. The van der Waals surface area contributed by atoms with Gasteiger partial charge in [0, 0.05) is 19.3 Å². The molecule has 0 bridgehead atoms. The summed E-state index contributed by atoms with van der Waals surface area (Å²) in [6.45, 7) is 6.55. The van der Waals surface area contributed by atoms with Gasteiger partial charge in [0.05, 0.1) is 0 Å². The number of ether oxygens (including phenoxy) is 3. The summed E-state index contributed by atoms with van der Waals surface area (Å²) in [5.41, 5.74) is 0. The fourth-order valence-electron chi connectivity index (χ4n) is 9.10. The maximum Gasteiger partial charge on any atom is 0.306 e. The SMILES string of the molecule is CCCCC/C=C\C/C=C\C/C=C\C/C=C\C/C=C\CCC(=O)OC[C@H](COC(=O)CCCCCCCCCCCCC/C=C\CCCCCCCC)OC(=O)CCCCCCCCCCC/C=C\C/C=C\CCCCC. The minimum Gasteiger partial charge on any atom is -0.462 e. The van der Waals surface area contributed by atoms with Crippen molar-refractivity contribution in [2.45, 2.75) is 322 Å². The quantitative estimate of drug-likeness (QED) is 0.0261. The van der Waals surface area contributed by atoms with Crippen LogP contribution in [0.15, 0.2) is 97.2 Å². The van der Waals surface area contributed by atoms with E-state index in [1.807, 2.05) is 6.08 Å². The number of unbranched alkanes of at least 4 members (excludes halogenated alkanes) is 32. The van der Waals surface area contributed by atoms with Crippen molar-refractivity contribution in [3.05, 3.63) is 97.2 Å². The van der Waals surface area contributed by atoms with E-state index in [0.717, 1.165) is 70.6 Å². The standard InChI is InChI=1S/C71H122O6/c1-4-7-10-13-16-19-22-25-28-31-34-35-38-40-43-46-49-52-55-58-61-64-70(73)76-67-68(77-71(74)65-62-59-56-53-50-47-44-41-37-33-30-27-24-21-18-15-12-9-6-3)66-75-69(72)63-60-57-54-51-48-45-42-39-36-32-29-26-23-20-17-14-11-8-5-2/h17-18,20-21,25-30,36,39,45,48,54,57,68H,4-16,19,22-24,31-35,37-38,40-44,46-47,49-53,55-56,58-67H2,1-3H3/b20-17-,21-18-,28-25-,29-26-,30-27-,39-36-,48-45-,57-54-/t68-/m1/s1.